The molecule has 0 aliphatic heterocycles. The van der Waals surface area contributed by atoms with Crippen molar-refractivity contribution in [1.82, 2.24) is 0 Å². The maximum Gasteiger partial charge on any atom is 0.326 e. The number of esters is 1. The number of anilines is 1. The predicted octanol–water partition coefficient (Wildman–Crippen LogP) is 3.12. The fourth-order valence-electron chi connectivity index (χ4n) is 2.55. The Morgan fingerprint density at radius 2 is 1.59 bits per heavy atom. The van der Waals surface area contributed by atoms with Crippen LogP contribution in [0.5, 0.6) is 17.2 Å². The van der Waals surface area contributed by atoms with Crippen LogP contribution in [0.3, 0.4) is 0 Å². The Morgan fingerprint density at radius 3 is 2.14 bits per heavy atom. The largest absolute Gasteiger partial charge is 0.495 e. The highest BCUT2D eigenvalue weighted by molar-refractivity contribution is 7.92. The summed E-state index contributed by atoms with van der Waals surface area (Å²) >= 11 is 6.16. The molecule has 0 bridgehead atoms. The highest BCUT2D eigenvalue weighted by Crippen LogP contribution is 2.34. The highest BCUT2D eigenvalue weighted by Gasteiger charge is 2.29. The molecule has 2 rings (SSSR count). The maximum atomic E-state index is 13.4. The second-order valence-electron chi connectivity index (χ2n) is 5.65. The van der Waals surface area contributed by atoms with Crippen molar-refractivity contribution in [2.75, 3.05) is 38.8 Å². The van der Waals surface area contributed by atoms with Gasteiger partial charge < -0.3 is 18.9 Å². The zero-order valence-corrected chi connectivity index (χ0v) is 18.0. The zero-order chi connectivity index (χ0) is 21.6. The highest BCUT2D eigenvalue weighted by atomic mass is 35.5. The molecule has 0 N–H and O–H groups in total. The van der Waals surface area contributed by atoms with Crippen molar-refractivity contribution >= 4 is 33.3 Å². The molecule has 0 saturated carbocycles. The number of ether oxygens (including phenoxy) is 4. The lowest BCUT2D eigenvalue weighted by atomic mass is 10.3. The smallest absolute Gasteiger partial charge is 0.326 e. The van der Waals surface area contributed by atoms with Gasteiger partial charge in [-0.05, 0) is 37.3 Å². The van der Waals surface area contributed by atoms with Crippen LogP contribution in [0.2, 0.25) is 5.02 Å². The summed E-state index contributed by atoms with van der Waals surface area (Å²) in [5.41, 5.74) is 0.179. The first-order valence-electron chi connectivity index (χ1n) is 8.52. The summed E-state index contributed by atoms with van der Waals surface area (Å²) in [5.74, 6) is 0.270. The summed E-state index contributed by atoms with van der Waals surface area (Å²) in [7, 11) is 0.118. The minimum Gasteiger partial charge on any atom is -0.495 e. The van der Waals surface area contributed by atoms with Gasteiger partial charge in [0.25, 0.3) is 10.0 Å². The number of nitrogens with zero attached hydrogens (tertiary/aromatic N) is 1. The first-order valence-corrected chi connectivity index (χ1v) is 10.3. The molecule has 158 valence electrons. The Bertz CT molecular complexity index is 979. The van der Waals surface area contributed by atoms with Crippen LogP contribution in [0.4, 0.5) is 5.69 Å². The maximum absolute atomic E-state index is 13.4. The molecule has 10 heteroatoms. The van der Waals surface area contributed by atoms with Crippen LogP contribution in [-0.4, -0.2) is 48.9 Å². The van der Waals surface area contributed by atoms with E-state index in [1.54, 1.807) is 6.92 Å². The summed E-state index contributed by atoms with van der Waals surface area (Å²) in [5, 5.41) is 0.196. The fourth-order valence-corrected chi connectivity index (χ4v) is 4.22. The summed E-state index contributed by atoms with van der Waals surface area (Å²) in [4.78, 5) is 12.0. The van der Waals surface area contributed by atoms with E-state index in [4.69, 9.17) is 30.5 Å². The van der Waals surface area contributed by atoms with E-state index in [1.165, 1.54) is 57.7 Å². The van der Waals surface area contributed by atoms with E-state index < -0.39 is 22.5 Å². The molecular weight excluding hydrogens is 422 g/mol. The molecule has 0 amide bonds. The van der Waals surface area contributed by atoms with Crippen LogP contribution >= 0.6 is 11.6 Å². The summed E-state index contributed by atoms with van der Waals surface area (Å²) < 4.78 is 48.0. The summed E-state index contributed by atoms with van der Waals surface area (Å²) in [6.45, 7) is 1.22. The molecule has 0 spiro atoms. The number of carbonyl (C=O) groups is 1. The SMILES string of the molecule is CCOC(=O)CN(c1ccc(OC)c(Cl)c1)S(=O)(=O)c1ccc(OC)c(OC)c1. The van der Waals surface area contributed by atoms with Gasteiger partial charge in [0.15, 0.2) is 11.5 Å². The van der Waals surface area contributed by atoms with Gasteiger partial charge in [-0.2, -0.15) is 0 Å². The van der Waals surface area contributed by atoms with Crippen molar-refractivity contribution in [3.05, 3.63) is 41.4 Å². The molecule has 0 aliphatic carbocycles. The monoisotopic (exact) mass is 443 g/mol. The number of benzene rings is 2. The van der Waals surface area contributed by atoms with E-state index in [-0.39, 0.29) is 28.0 Å². The lowest BCUT2D eigenvalue weighted by Gasteiger charge is -2.24. The third-order valence-electron chi connectivity index (χ3n) is 3.94. The van der Waals surface area contributed by atoms with Gasteiger partial charge in [0.05, 0.1) is 43.5 Å². The first kappa shape index (κ1) is 22.6. The average Bonchev–Trinajstić information content (AvgIpc) is 2.71. The molecular formula is C19H22ClNO7S. The molecule has 0 radical (unpaired) electrons. The molecule has 0 atom stereocenters. The van der Waals surface area contributed by atoms with Crippen molar-refractivity contribution < 1.29 is 32.2 Å². The number of rotatable bonds is 9. The number of carbonyl (C=O) groups excluding carboxylic acids is 1. The van der Waals surface area contributed by atoms with Crippen LogP contribution < -0.4 is 18.5 Å². The lowest BCUT2D eigenvalue weighted by Crippen LogP contribution is -2.36. The summed E-state index contributed by atoms with van der Waals surface area (Å²) in [6, 6.07) is 8.55. The molecule has 29 heavy (non-hydrogen) atoms. The molecule has 8 nitrogen and oxygen atoms in total. The third kappa shape index (κ3) is 5.04. The second kappa shape index (κ2) is 9.71. The van der Waals surface area contributed by atoms with Crippen LogP contribution in [0, 0.1) is 0 Å². The molecule has 0 saturated heterocycles. The van der Waals surface area contributed by atoms with E-state index in [0.29, 0.717) is 11.5 Å². The topological polar surface area (TPSA) is 91.4 Å². The second-order valence-corrected chi connectivity index (χ2v) is 7.92. The predicted molar refractivity (Wildman–Crippen MR) is 109 cm³/mol. The van der Waals surface area contributed by atoms with Gasteiger partial charge in [-0.15, -0.1) is 0 Å². The van der Waals surface area contributed by atoms with Gasteiger partial charge in [-0.25, -0.2) is 8.42 Å². The standard InChI is InChI=1S/C19H22ClNO7S/c1-5-28-19(22)12-21(13-6-8-16(25-2)15(20)10-13)29(23,24)14-7-9-17(26-3)18(11-14)27-4/h6-11H,5,12H2,1-4H3. The van der Waals surface area contributed by atoms with E-state index in [2.05, 4.69) is 0 Å². The molecule has 0 aliphatic rings. The van der Waals surface area contributed by atoms with Gasteiger partial charge >= 0.3 is 5.97 Å². The van der Waals surface area contributed by atoms with Crippen molar-refractivity contribution in [3.63, 3.8) is 0 Å². The number of sulfonamides is 1. The minimum absolute atomic E-state index is 0.0913. The van der Waals surface area contributed by atoms with Gasteiger partial charge in [0.2, 0.25) is 0 Å². The molecule has 0 aromatic heterocycles. The van der Waals surface area contributed by atoms with E-state index in [9.17, 15) is 13.2 Å². The Labute approximate surface area is 174 Å². The third-order valence-corrected chi connectivity index (χ3v) is 6.01. The number of hydrogen-bond donors (Lipinski definition) is 0. The fraction of sp³-hybridized carbons (Fsp3) is 0.316. The molecule has 2 aromatic carbocycles. The Morgan fingerprint density at radius 1 is 0.966 bits per heavy atom. The van der Waals surface area contributed by atoms with Gasteiger partial charge in [0.1, 0.15) is 12.3 Å². The van der Waals surface area contributed by atoms with Gasteiger partial charge in [-0.1, -0.05) is 11.6 Å². The van der Waals surface area contributed by atoms with E-state index >= 15 is 0 Å². The van der Waals surface area contributed by atoms with E-state index in [1.807, 2.05) is 0 Å². The quantitative estimate of drug-likeness (QED) is 0.550. The molecule has 0 unspecified atom stereocenters. The Kier molecular flexibility index (Phi) is 7.58. The Balaban J connectivity index is 2.57. The van der Waals surface area contributed by atoms with Crippen LogP contribution in [0.15, 0.2) is 41.3 Å². The zero-order valence-electron chi connectivity index (χ0n) is 16.5. The van der Waals surface area contributed by atoms with Crippen LogP contribution in [0.1, 0.15) is 6.92 Å². The van der Waals surface area contributed by atoms with Crippen LogP contribution in [-0.2, 0) is 19.6 Å². The number of halogens is 1. The van der Waals surface area contributed by atoms with Crippen molar-refractivity contribution in [3.8, 4) is 17.2 Å². The van der Waals surface area contributed by atoms with E-state index in [0.717, 1.165) is 4.31 Å². The van der Waals surface area contributed by atoms with Crippen molar-refractivity contribution in [1.29, 1.82) is 0 Å². The van der Waals surface area contributed by atoms with Crippen molar-refractivity contribution in [2.45, 2.75) is 11.8 Å². The molecule has 2 aromatic rings. The lowest BCUT2D eigenvalue weighted by molar-refractivity contribution is -0.141. The minimum atomic E-state index is -4.16. The molecule has 0 heterocycles. The average molecular weight is 444 g/mol. The Hall–Kier alpha value is -2.65. The summed E-state index contributed by atoms with van der Waals surface area (Å²) in [6.07, 6.45) is 0. The van der Waals surface area contributed by atoms with Gasteiger partial charge in [0, 0.05) is 6.07 Å². The first-order chi connectivity index (χ1) is 13.8. The normalized spacial score (nSPS) is 10.9. The number of methoxy groups -OCH3 is 3. The van der Waals surface area contributed by atoms with Crippen LogP contribution in [0.25, 0.3) is 0 Å². The van der Waals surface area contributed by atoms with Crippen molar-refractivity contribution in [2.24, 2.45) is 0 Å². The molecule has 0 fully saturated rings. The van der Waals surface area contributed by atoms with Gasteiger partial charge in [-0.3, -0.25) is 9.10 Å². The number of hydrogen-bond acceptors (Lipinski definition) is 7.